The molecule has 1 aromatic carbocycles. The Morgan fingerprint density at radius 3 is 2.72 bits per heavy atom. The Labute approximate surface area is 107 Å². The molecule has 0 amide bonds. The van der Waals surface area contributed by atoms with Crippen LogP contribution in [-0.4, -0.2) is 19.1 Å². The van der Waals surface area contributed by atoms with Gasteiger partial charge in [-0.05, 0) is 12.1 Å². The zero-order valence-corrected chi connectivity index (χ0v) is 10.9. The summed E-state index contributed by atoms with van der Waals surface area (Å²) in [4.78, 5) is 11.7. The summed E-state index contributed by atoms with van der Waals surface area (Å²) in [5.41, 5.74) is 1.16. The molecule has 0 heterocycles. The van der Waals surface area contributed by atoms with Gasteiger partial charge in [-0.3, -0.25) is 4.79 Å². The SMILES string of the molecule is COc1cccc(N/C=C(\C=N)C(=O)C(C)C)c1. The van der Waals surface area contributed by atoms with Gasteiger partial charge in [0.15, 0.2) is 5.78 Å². The molecule has 4 nitrogen and oxygen atoms in total. The van der Waals surface area contributed by atoms with Crippen molar-refractivity contribution in [3.63, 3.8) is 0 Å². The maximum atomic E-state index is 11.7. The van der Waals surface area contributed by atoms with Crippen LogP contribution in [0.5, 0.6) is 5.75 Å². The molecular formula is C14H18N2O2. The molecule has 4 heteroatoms. The third-order valence-corrected chi connectivity index (χ3v) is 2.43. The number of carbonyl (C=O) groups excluding carboxylic acids is 1. The van der Waals surface area contributed by atoms with Crippen LogP contribution in [0, 0.1) is 11.3 Å². The minimum atomic E-state index is -0.120. The number of allylic oxidation sites excluding steroid dienone is 1. The quantitative estimate of drug-likeness (QED) is 0.599. The summed E-state index contributed by atoms with van der Waals surface area (Å²) in [5.74, 6) is 0.561. The summed E-state index contributed by atoms with van der Waals surface area (Å²) in [6.07, 6.45) is 2.61. The van der Waals surface area contributed by atoms with Crippen LogP contribution in [0.2, 0.25) is 0 Å². The Bertz CT molecular complexity index is 465. The predicted octanol–water partition coefficient (Wildman–Crippen LogP) is 2.87. The monoisotopic (exact) mass is 246 g/mol. The molecule has 0 unspecified atom stereocenters. The molecule has 0 aromatic heterocycles. The second-order valence-electron chi connectivity index (χ2n) is 4.14. The average Bonchev–Trinajstić information content (AvgIpc) is 2.39. The van der Waals surface area contributed by atoms with Gasteiger partial charge in [0.2, 0.25) is 0 Å². The van der Waals surface area contributed by atoms with Crippen LogP contribution < -0.4 is 10.1 Å². The van der Waals surface area contributed by atoms with Crippen LogP contribution in [0.25, 0.3) is 0 Å². The fraction of sp³-hybridized carbons (Fsp3) is 0.286. The van der Waals surface area contributed by atoms with Gasteiger partial charge in [0, 0.05) is 30.1 Å². The van der Waals surface area contributed by atoms with Gasteiger partial charge in [-0.1, -0.05) is 19.9 Å². The lowest BCUT2D eigenvalue weighted by molar-refractivity contribution is -0.117. The van der Waals surface area contributed by atoms with E-state index in [9.17, 15) is 4.79 Å². The number of rotatable bonds is 6. The molecule has 1 aromatic rings. The number of nitrogens with one attached hydrogen (secondary N) is 2. The van der Waals surface area contributed by atoms with E-state index in [-0.39, 0.29) is 11.7 Å². The first kappa shape index (κ1) is 14.0. The van der Waals surface area contributed by atoms with Gasteiger partial charge in [-0.15, -0.1) is 0 Å². The highest BCUT2D eigenvalue weighted by atomic mass is 16.5. The van der Waals surface area contributed by atoms with Crippen molar-refractivity contribution in [1.82, 2.24) is 0 Å². The minimum Gasteiger partial charge on any atom is -0.497 e. The second-order valence-corrected chi connectivity index (χ2v) is 4.14. The Balaban J connectivity index is 2.82. The lowest BCUT2D eigenvalue weighted by Gasteiger charge is -2.07. The number of benzene rings is 1. The number of ether oxygens (including phenoxy) is 1. The van der Waals surface area contributed by atoms with Crippen molar-refractivity contribution in [3.05, 3.63) is 36.0 Å². The van der Waals surface area contributed by atoms with Crippen molar-refractivity contribution >= 4 is 17.7 Å². The Hall–Kier alpha value is -2.10. The number of hydrogen-bond donors (Lipinski definition) is 2. The van der Waals surface area contributed by atoms with E-state index in [4.69, 9.17) is 10.1 Å². The largest absolute Gasteiger partial charge is 0.497 e. The van der Waals surface area contributed by atoms with E-state index in [1.54, 1.807) is 13.3 Å². The van der Waals surface area contributed by atoms with Crippen molar-refractivity contribution in [2.24, 2.45) is 5.92 Å². The molecule has 0 bridgehead atoms. The van der Waals surface area contributed by atoms with Crippen LogP contribution in [-0.2, 0) is 4.79 Å². The number of ketones is 1. The molecule has 0 radical (unpaired) electrons. The van der Waals surface area contributed by atoms with Crippen molar-refractivity contribution in [2.75, 3.05) is 12.4 Å². The highest BCUT2D eigenvalue weighted by Crippen LogP contribution is 2.17. The third-order valence-electron chi connectivity index (χ3n) is 2.43. The fourth-order valence-electron chi connectivity index (χ4n) is 1.39. The standard InChI is InChI=1S/C14H18N2O2/c1-10(2)14(17)11(8-15)9-16-12-5-4-6-13(7-12)18-3/h4-10,15-16H,1-3H3/b11-9+,15-8?. The first-order chi connectivity index (χ1) is 8.58. The number of anilines is 1. The Morgan fingerprint density at radius 1 is 1.44 bits per heavy atom. The molecule has 0 aliphatic carbocycles. The summed E-state index contributed by atoms with van der Waals surface area (Å²) in [5, 5.41) is 10.2. The van der Waals surface area contributed by atoms with E-state index in [0.29, 0.717) is 5.57 Å². The average molecular weight is 246 g/mol. The van der Waals surface area contributed by atoms with Gasteiger partial charge in [-0.25, -0.2) is 0 Å². The van der Waals surface area contributed by atoms with Gasteiger partial charge in [0.05, 0.1) is 12.7 Å². The maximum Gasteiger partial charge on any atom is 0.168 e. The lowest BCUT2D eigenvalue weighted by Crippen LogP contribution is -2.12. The summed E-state index contributed by atoms with van der Waals surface area (Å²) in [6.45, 7) is 3.62. The van der Waals surface area contributed by atoms with Gasteiger partial charge in [-0.2, -0.15) is 0 Å². The van der Waals surface area contributed by atoms with Crippen molar-refractivity contribution in [1.29, 1.82) is 5.41 Å². The zero-order chi connectivity index (χ0) is 13.5. The Kier molecular flexibility index (Phi) is 5.11. The first-order valence-electron chi connectivity index (χ1n) is 5.74. The van der Waals surface area contributed by atoms with E-state index < -0.39 is 0 Å². The smallest absolute Gasteiger partial charge is 0.168 e. The summed E-state index contributed by atoms with van der Waals surface area (Å²) >= 11 is 0. The molecule has 0 fully saturated rings. The topological polar surface area (TPSA) is 62.2 Å². The van der Waals surface area contributed by atoms with Gasteiger partial charge >= 0.3 is 0 Å². The fourth-order valence-corrected chi connectivity index (χ4v) is 1.39. The second kappa shape index (κ2) is 6.59. The van der Waals surface area contributed by atoms with Crippen LogP contribution in [0.15, 0.2) is 36.0 Å². The van der Waals surface area contributed by atoms with E-state index in [1.807, 2.05) is 38.1 Å². The van der Waals surface area contributed by atoms with Crippen molar-refractivity contribution in [3.8, 4) is 5.75 Å². The molecule has 0 atom stereocenters. The molecule has 96 valence electrons. The number of Topliss-reactive ketones (excluding diaryl/α,β-unsaturated/α-hetero) is 1. The molecule has 0 spiro atoms. The number of carbonyl (C=O) groups is 1. The molecule has 0 saturated heterocycles. The van der Waals surface area contributed by atoms with E-state index in [0.717, 1.165) is 17.7 Å². The van der Waals surface area contributed by atoms with Crippen molar-refractivity contribution in [2.45, 2.75) is 13.8 Å². The summed E-state index contributed by atoms with van der Waals surface area (Å²) in [6, 6.07) is 7.37. The van der Waals surface area contributed by atoms with Crippen molar-refractivity contribution < 1.29 is 9.53 Å². The Morgan fingerprint density at radius 2 is 2.17 bits per heavy atom. The van der Waals surface area contributed by atoms with Gasteiger partial charge in [0.1, 0.15) is 5.75 Å². The van der Waals surface area contributed by atoms with Crippen LogP contribution in [0.4, 0.5) is 5.69 Å². The lowest BCUT2D eigenvalue weighted by atomic mass is 10.0. The molecule has 18 heavy (non-hydrogen) atoms. The predicted molar refractivity (Wildman–Crippen MR) is 73.3 cm³/mol. The zero-order valence-electron chi connectivity index (χ0n) is 10.9. The molecule has 0 saturated carbocycles. The number of methoxy groups -OCH3 is 1. The minimum absolute atomic E-state index is 0.0552. The van der Waals surface area contributed by atoms with E-state index in [1.165, 1.54) is 0 Å². The highest BCUT2D eigenvalue weighted by molar-refractivity contribution is 6.13. The summed E-state index contributed by atoms with van der Waals surface area (Å²) in [7, 11) is 1.60. The van der Waals surface area contributed by atoms with Gasteiger partial charge in [0.25, 0.3) is 0 Å². The molecule has 1 rings (SSSR count). The third kappa shape index (κ3) is 3.73. The number of hydrogen-bond acceptors (Lipinski definition) is 4. The van der Waals surface area contributed by atoms with E-state index in [2.05, 4.69) is 5.32 Å². The molecule has 2 N–H and O–H groups in total. The van der Waals surface area contributed by atoms with E-state index >= 15 is 0 Å². The van der Waals surface area contributed by atoms with Crippen LogP contribution in [0.1, 0.15) is 13.8 Å². The molecule has 0 aliphatic rings. The normalized spacial score (nSPS) is 11.2. The molecule has 0 aliphatic heterocycles. The van der Waals surface area contributed by atoms with Crippen LogP contribution >= 0.6 is 0 Å². The maximum absolute atomic E-state index is 11.7. The van der Waals surface area contributed by atoms with Gasteiger partial charge < -0.3 is 15.5 Å². The highest BCUT2D eigenvalue weighted by Gasteiger charge is 2.11. The molecular weight excluding hydrogens is 228 g/mol. The summed E-state index contributed by atoms with van der Waals surface area (Å²) < 4.78 is 5.10. The first-order valence-corrected chi connectivity index (χ1v) is 5.74. The van der Waals surface area contributed by atoms with Crippen LogP contribution in [0.3, 0.4) is 0 Å².